The fourth-order valence-corrected chi connectivity index (χ4v) is 1.66. The van der Waals surface area contributed by atoms with Gasteiger partial charge < -0.3 is 11.1 Å². The van der Waals surface area contributed by atoms with Crippen LogP contribution < -0.4 is 11.1 Å². The van der Waals surface area contributed by atoms with Crippen molar-refractivity contribution in [3.8, 4) is 0 Å². The highest BCUT2D eigenvalue weighted by molar-refractivity contribution is 5.97. The maximum Gasteiger partial charge on any atom is 0.271 e. The van der Waals surface area contributed by atoms with Gasteiger partial charge in [-0.2, -0.15) is 5.10 Å². The lowest BCUT2D eigenvalue weighted by molar-refractivity contribution is 0.0943. The van der Waals surface area contributed by atoms with Crippen LogP contribution in [0.3, 0.4) is 0 Å². The zero-order valence-corrected chi connectivity index (χ0v) is 10.3. The number of nitrogens with zero attached hydrogens (tertiary/aromatic N) is 5. The van der Waals surface area contributed by atoms with Crippen LogP contribution in [0.25, 0.3) is 0 Å². The van der Waals surface area contributed by atoms with Crippen molar-refractivity contribution in [2.24, 2.45) is 7.05 Å². The van der Waals surface area contributed by atoms with Crippen LogP contribution in [0.2, 0.25) is 0 Å². The van der Waals surface area contributed by atoms with Gasteiger partial charge in [-0.25, -0.2) is 0 Å². The first-order valence-electron chi connectivity index (χ1n) is 5.51. The third-order valence-electron chi connectivity index (χ3n) is 2.58. The molecule has 0 aliphatic rings. The smallest absolute Gasteiger partial charge is 0.271 e. The van der Waals surface area contributed by atoms with E-state index in [-0.39, 0.29) is 5.91 Å². The molecular formula is C10H15N7O. The lowest BCUT2D eigenvalue weighted by Crippen LogP contribution is -2.29. The molecule has 8 nitrogen and oxygen atoms in total. The summed E-state index contributed by atoms with van der Waals surface area (Å²) in [5.41, 5.74) is 7.24. The topological polar surface area (TPSA) is 104 Å². The van der Waals surface area contributed by atoms with E-state index in [1.54, 1.807) is 31.0 Å². The van der Waals surface area contributed by atoms with Gasteiger partial charge in [0, 0.05) is 19.8 Å². The molecule has 2 rings (SSSR count). The van der Waals surface area contributed by atoms with Crippen LogP contribution in [0.15, 0.2) is 12.4 Å². The Morgan fingerprint density at radius 1 is 1.56 bits per heavy atom. The number of hydrogen-bond donors (Lipinski definition) is 2. The van der Waals surface area contributed by atoms with Gasteiger partial charge in [-0.15, -0.1) is 5.10 Å². The molecule has 0 bridgehead atoms. The van der Waals surface area contributed by atoms with Crippen molar-refractivity contribution in [1.82, 2.24) is 30.1 Å². The molecule has 0 saturated heterocycles. The van der Waals surface area contributed by atoms with Gasteiger partial charge in [0.05, 0.1) is 24.1 Å². The highest BCUT2D eigenvalue weighted by Gasteiger charge is 2.17. The molecule has 0 atom stereocenters. The molecule has 0 fully saturated rings. The van der Waals surface area contributed by atoms with Gasteiger partial charge in [0.2, 0.25) is 0 Å². The number of anilines is 1. The summed E-state index contributed by atoms with van der Waals surface area (Å²) >= 11 is 0. The number of nitrogens with one attached hydrogen (secondary N) is 1. The number of amides is 1. The Hall–Kier alpha value is -2.38. The Kier molecular flexibility index (Phi) is 3.26. The summed E-state index contributed by atoms with van der Waals surface area (Å²) in [5.74, 6) is -0.240. The highest BCUT2D eigenvalue weighted by atomic mass is 16.2. The van der Waals surface area contributed by atoms with Crippen LogP contribution in [-0.4, -0.2) is 37.2 Å². The first kappa shape index (κ1) is 12.1. The molecule has 3 N–H and O–H groups in total. The van der Waals surface area contributed by atoms with E-state index >= 15 is 0 Å². The Bertz CT molecular complexity index is 543. The number of aryl methyl sites for hydroxylation is 2. The monoisotopic (exact) mass is 249 g/mol. The Morgan fingerprint density at radius 3 is 2.89 bits per heavy atom. The maximum atomic E-state index is 11.9. The molecular weight excluding hydrogens is 234 g/mol. The van der Waals surface area contributed by atoms with Crippen molar-refractivity contribution in [2.75, 3.05) is 12.3 Å². The largest absolute Gasteiger partial charge is 0.395 e. The van der Waals surface area contributed by atoms with Gasteiger partial charge in [0.15, 0.2) is 0 Å². The molecule has 8 heteroatoms. The summed E-state index contributed by atoms with van der Waals surface area (Å²) in [5, 5.41) is 14.3. The first-order chi connectivity index (χ1) is 8.59. The number of hydrogen-bond acceptors (Lipinski definition) is 5. The number of carbonyl (C=O) groups is 1. The standard InChI is InChI=1S/C10H15N7O/c1-7-8(11)9(16(2)14-7)10(18)12-3-5-17-6-4-13-15-17/h4,6H,3,5,11H2,1-2H3,(H,12,18). The van der Waals surface area contributed by atoms with Crippen LogP contribution in [0.4, 0.5) is 5.69 Å². The second-order valence-electron chi connectivity index (χ2n) is 3.89. The molecule has 0 saturated carbocycles. The van der Waals surface area contributed by atoms with Crippen molar-refractivity contribution >= 4 is 11.6 Å². The fraction of sp³-hybridized carbons (Fsp3) is 0.400. The maximum absolute atomic E-state index is 11.9. The summed E-state index contributed by atoms with van der Waals surface area (Å²) in [6.45, 7) is 2.77. The van der Waals surface area contributed by atoms with Gasteiger partial charge in [-0.1, -0.05) is 5.21 Å². The van der Waals surface area contributed by atoms with E-state index in [1.807, 2.05) is 0 Å². The third-order valence-corrected chi connectivity index (χ3v) is 2.58. The molecule has 18 heavy (non-hydrogen) atoms. The molecule has 0 unspecified atom stereocenters. The SMILES string of the molecule is Cc1nn(C)c(C(=O)NCCn2ccnn2)c1N. The molecule has 0 spiro atoms. The van der Waals surface area contributed by atoms with Crippen molar-refractivity contribution in [2.45, 2.75) is 13.5 Å². The molecule has 0 aromatic carbocycles. The molecule has 2 aromatic rings. The van der Waals surface area contributed by atoms with Crippen LogP contribution in [0.5, 0.6) is 0 Å². The van der Waals surface area contributed by atoms with E-state index in [9.17, 15) is 4.79 Å². The summed E-state index contributed by atoms with van der Waals surface area (Å²) in [6.07, 6.45) is 3.32. The summed E-state index contributed by atoms with van der Waals surface area (Å²) < 4.78 is 3.12. The van der Waals surface area contributed by atoms with Crippen LogP contribution in [0.1, 0.15) is 16.2 Å². The number of carbonyl (C=O) groups excluding carboxylic acids is 1. The summed E-state index contributed by atoms with van der Waals surface area (Å²) in [7, 11) is 1.69. The van der Waals surface area contributed by atoms with Crippen LogP contribution in [0, 0.1) is 6.92 Å². The number of rotatable bonds is 4. The van der Waals surface area contributed by atoms with Gasteiger partial charge in [-0.05, 0) is 6.92 Å². The number of nitrogens with two attached hydrogens (primary N) is 1. The van der Waals surface area contributed by atoms with Crippen LogP contribution in [-0.2, 0) is 13.6 Å². The molecule has 0 aliphatic carbocycles. The third kappa shape index (κ3) is 2.31. The van der Waals surface area contributed by atoms with E-state index in [2.05, 4.69) is 20.7 Å². The minimum atomic E-state index is -0.240. The molecule has 2 aromatic heterocycles. The van der Waals surface area contributed by atoms with E-state index in [0.29, 0.717) is 30.2 Å². The Morgan fingerprint density at radius 2 is 2.33 bits per heavy atom. The Balaban J connectivity index is 1.95. The van der Waals surface area contributed by atoms with E-state index in [0.717, 1.165) is 0 Å². The lowest BCUT2D eigenvalue weighted by Gasteiger charge is -2.06. The number of aromatic nitrogens is 5. The minimum absolute atomic E-state index is 0.240. The number of nitrogen functional groups attached to an aromatic ring is 1. The zero-order valence-electron chi connectivity index (χ0n) is 10.3. The predicted octanol–water partition coefficient (Wildman–Crippen LogP) is -0.668. The average molecular weight is 249 g/mol. The lowest BCUT2D eigenvalue weighted by atomic mass is 10.3. The molecule has 0 radical (unpaired) electrons. The van der Waals surface area contributed by atoms with Crippen LogP contribution >= 0.6 is 0 Å². The van der Waals surface area contributed by atoms with Crippen molar-refractivity contribution in [1.29, 1.82) is 0 Å². The van der Waals surface area contributed by atoms with E-state index in [1.165, 1.54) is 4.68 Å². The normalized spacial score (nSPS) is 10.6. The van der Waals surface area contributed by atoms with E-state index in [4.69, 9.17) is 5.73 Å². The van der Waals surface area contributed by atoms with Crippen molar-refractivity contribution in [3.63, 3.8) is 0 Å². The Labute approximate surface area is 104 Å². The first-order valence-corrected chi connectivity index (χ1v) is 5.51. The second kappa shape index (κ2) is 4.86. The van der Waals surface area contributed by atoms with Gasteiger partial charge in [0.25, 0.3) is 5.91 Å². The van der Waals surface area contributed by atoms with Crippen molar-refractivity contribution < 1.29 is 4.79 Å². The molecule has 0 aliphatic heterocycles. The van der Waals surface area contributed by atoms with Gasteiger partial charge in [0.1, 0.15) is 5.69 Å². The zero-order chi connectivity index (χ0) is 13.1. The molecule has 1 amide bonds. The molecule has 96 valence electrons. The summed E-state index contributed by atoms with van der Waals surface area (Å²) in [6, 6.07) is 0. The van der Waals surface area contributed by atoms with E-state index < -0.39 is 0 Å². The predicted molar refractivity (Wildman–Crippen MR) is 64.7 cm³/mol. The van der Waals surface area contributed by atoms with Gasteiger partial charge in [-0.3, -0.25) is 14.2 Å². The summed E-state index contributed by atoms with van der Waals surface area (Å²) in [4.78, 5) is 11.9. The molecule has 2 heterocycles. The fourth-order valence-electron chi connectivity index (χ4n) is 1.66. The quantitative estimate of drug-likeness (QED) is 0.748. The average Bonchev–Trinajstić information content (AvgIpc) is 2.89. The highest BCUT2D eigenvalue weighted by Crippen LogP contribution is 2.14. The second-order valence-corrected chi connectivity index (χ2v) is 3.89. The minimum Gasteiger partial charge on any atom is -0.395 e. The van der Waals surface area contributed by atoms with Crippen molar-refractivity contribution in [3.05, 3.63) is 23.8 Å². The van der Waals surface area contributed by atoms with Gasteiger partial charge >= 0.3 is 0 Å².